The summed E-state index contributed by atoms with van der Waals surface area (Å²) in [5, 5.41) is 4.23. The fraction of sp³-hybridized carbons (Fsp3) is 0.0870. The van der Waals surface area contributed by atoms with Crippen LogP contribution >= 0.6 is 11.6 Å². The molecule has 1 unspecified atom stereocenters. The second kappa shape index (κ2) is 7.68. The molecule has 0 radical (unpaired) electrons. The van der Waals surface area contributed by atoms with Crippen molar-refractivity contribution in [2.45, 2.75) is 6.04 Å². The third-order valence-electron chi connectivity index (χ3n) is 4.65. The highest BCUT2D eigenvalue weighted by atomic mass is 35.5. The van der Waals surface area contributed by atoms with Gasteiger partial charge in [-0.2, -0.15) is 0 Å². The molecule has 0 aromatic heterocycles. The Morgan fingerprint density at radius 3 is 2.44 bits per heavy atom. The lowest BCUT2D eigenvalue weighted by Gasteiger charge is -2.35. The van der Waals surface area contributed by atoms with Gasteiger partial charge in [-0.25, -0.2) is 0 Å². The Balaban J connectivity index is 1.61. The molecule has 0 saturated heterocycles. The van der Waals surface area contributed by atoms with Crippen LogP contribution in [0.5, 0.6) is 0 Å². The molecule has 134 valence electrons. The van der Waals surface area contributed by atoms with Gasteiger partial charge in [0.2, 0.25) is 0 Å². The lowest BCUT2D eigenvalue weighted by Crippen LogP contribution is -2.39. The predicted molar refractivity (Wildman–Crippen MR) is 112 cm³/mol. The number of carbonyl (C=O) groups excluding carboxylic acids is 1. The number of nitrogens with one attached hydrogen (secondary N) is 1. The number of fused-ring (bicyclic) bond motifs is 1. The SMILES string of the molecule is O=C(/C=C/c1ccc(Cl)cc1)N1CC(c2ccccc2)Nc2ccccc21. The molecule has 0 spiro atoms. The fourth-order valence-electron chi connectivity index (χ4n) is 3.26. The molecule has 3 nitrogen and oxygen atoms in total. The zero-order valence-electron chi connectivity index (χ0n) is 14.7. The third-order valence-corrected chi connectivity index (χ3v) is 4.90. The van der Waals surface area contributed by atoms with Gasteiger partial charge in [0.05, 0.1) is 24.0 Å². The molecule has 1 aliphatic rings. The van der Waals surface area contributed by atoms with E-state index in [2.05, 4.69) is 17.4 Å². The molecule has 1 amide bonds. The summed E-state index contributed by atoms with van der Waals surface area (Å²) in [6.45, 7) is 0.574. The number of benzene rings is 3. The van der Waals surface area contributed by atoms with Crippen LogP contribution in [0.3, 0.4) is 0 Å². The van der Waals surface area contributed by atoms with Gasteiger partial charge in [-0.15, -0.1) is 0 Å². The van der Waals surface area contributed by atoms with Crippen molar-refractivity contribution >= 4 is 35.0 Å². The lowest BCUT2D eigenvalue weighted by atomic mass is 10.0. The second-order valence-electron chi connectivity index (χ2n) is 6.46. The average Bonchev–Trinajstić information content (AvgIpc) is 2.73. The summed E-state index contributed by atoms with van der Waals surface area (Å²) >= 11 is 5.92. The summed E-state index contributed by atoms with van der Waals surface area (Å²) < 4.78 is 0. The van der Waals surface area contributed by atoms with E-state index < -0.39 is 0 Å². The molecule has 1 aliphatic heterocycles. The van der Waals surface area contributed by atoms with Gasteiger partial charge in [-0.3, -0.25) is 4.79 Å². The molecular formula is C23H19ClN2O. The third kappa shape index (κ3) is 3.88. The van der Waals surface area contributed by atoms with E-state index in [4.69, 9.17) is 11.6 Å². The quantitative estimate of drug-likeness (QED) is 0.609. The van der Waals surface area contributed by atoms with Crippen LogP contribution in [0.4, 0.5) is 11.4 Å². The van der Waals surface area contributed by atoms with Gasteiger partial charge in [0.25, 0.3) is 5.91 Å². The fourth-order valence-corrected chi connectivity index (χ4v) is 3.39. The van der Waals surface area contributed by atoms with Gasteiger partial charge in [0, 0.05) is 11.1 Å². The van der Waals surface area contributed by atoms with Crippen LogP contribution in [0.15, 0.2) is 84.9 Å². The summed E-state index contributed by atoms with van der Waals surface area (Å²) in [5.41, 5.74) is 3.96. The molecule has 4 rings (SSSR count). The Bertz CT molecular complexity index is 967. The molecule has 0 fully saturated rings. The first-order valence-electron chi connectivity index (χ1n) is 8.86. The van der Waals surface area contributed by atoms with Crippen LogP contribution in [0.1, 0.15) is 17.2 Å². The van der Waals surface area contributed by atoms with Gasteiger partial charge in [0.15, 0.2) is 0 Å². The zero-order valence-corrected chi connectivity index (χ0v) is 15.4. The molecule has 27 heavy (non-hydrogen) atoms. The van der Waals surface area contributed by atoms with Crippen LogP contribution in [-0.4, -0.2) is 12.5 Å². The van der Waals surface area contributed by atoms with Crippen molar-refractivity contribution in [3.8, 4) is 0 Å². The number of halogens is 1. The molecule has 0 bridgehead atoms. The highest BCUT2D eigenvalue weighted by Crippen LogP contribution is 2.35. The molecule has 4 heteroatoms. The first kappa shape index (κ1) is 17.4. The van der Waals surface area contributed by atoms with E-state index in [-0.39, 0.29) is 11.9 Å². The molecule has 3 aromatic carbocycles. The number of anilines is 2. The Morgan fingerprint density at radius 1 is 0.963 bits per heavy atom. The van der Waals surface area contributed by atoms with Crippen LogP contribution in [-0.2, 0) is 4.79 Å². The number of nitrogens with zero attached hydrogens (tertiary/aromatic N) is 1. The number of carbonyl (C=O) groups is 1. The van der Waals surface area contributed by atoms with Crippen molar-refractivity contribution in [2.24, 2.45) is 0 Å². The van der Waals surface area contributed by atoms with E-state index in [0.717, 1.165) is 22.5 Å². The molecule has 1 atom stereocenters. The molecular weight excluding hydrogens is 356 g/mol. The average molecular weight is 375 g/mol. The minimum atomic E-state index is -0.0418. The molecule has 0 aliphatic carbocycles. The topological polar surface area (TPSA) is 32.3 Å². The monoisotopic (exact) mass is 374 g/mol. The van der Waals surface area contributed by atoms with E-state index >= 15 is 0 Å². The Labute approximate surface area is 163 Å². The number of hydrogen-bond acceptors (Lipinski definition) is 2. The largest absolute Gasteiger partial charge is 0.375 e. The highest BCUT2D eigenvalue weighted by molar-refractivity contribution is 6.30. The number of para-hydroxylation sites is 2. The van der Waals surface area contributed by atoms with Crippen LogP contribution in [0.2, 0.25) is 5.02 Å². The molecule has 0 saturated carbocycles. The lowest BCUT2D eigenvalue weighted by molar-refractivity contribution is -0.114. The van der Waals surface area contributed by atoms with Crippen molar-refractivity contribution in [3.63, 3.8) is 0 Å². The summed E-state index contributed by atoms with van der Waals surface area (Å²) in [4.78, 5) is 14.8. The minimum Gasteiger partial charge on any atom is -0.375 e. The number of hydrogen-bond donors (Lipinski definition) is 1. The molecule has 1 heterocycles. The van der Waals surface area contributed by atoms with E-state index in [1.165, 1.54) is 0 Å². The Hall–Kier alpha value is -3.04. The Morgan fingerprint density at radius 2 is 1.67 bits per heavy atom. The van der Waals surface area contributed by atoms with Crippen LogP contribution < -0.4 is 10.2 Å². The van der Waals surface area contributed by atoms with Crippen molar-refractivity contribution in [2.75, 3.05) is 16.8 Å². The van der Waals surface area contributed by atoms with E-state index in [0.29, 0.717) is 11.6 Å². The van der Waals surface area contributed by atoms with Crippen molar-refractivity contribution in [3.05, 3.63) is 101 Å². The maximum atomic E-state index is 13.0. The maximum Gasteiger partial charge on any atom is 0.251 e. The summed E-state index contributed by atoms with van der Waals surface area (Å²) in [7, 11) is 0. The van der Waals surface area contributed by atoms with Crippen LogP contribution in [0, 0.1) is 0 Å². The van der Waals surface area contributed by atoms with Gasteiger partial charge >= 0.3 is 0 Å². The first-order chi connectivity index (χ1) is 13.2. The smallest absolute Gasteiger partial charge is 0.251 e. The van der Waals surface area contributed by atoms with Crippen molar-refractivity contribution < 1.29 is 4.79 Å². The van der Waals surface area contributed by atoms with Gasteiger partial charge in [-0.05, 0) is 41.5 Å². The van der Waals surface area contributed by atoms with E-state index in [9.17, 15) is 4.79 Å². The normalized spacial score (nSPS) is 16.0. The molecule has 1 N–H and O–H groups in total. The summed E-state index contributed by atoms with van der Waals surface area (Å²) in [6.07, 6.45) is 3.44. The maximum absolute atomic E-state index is 13.0. The van der Waals surface area contributed by atoms with Gasteiger partial charge in [-0.1, -0.05) is 66.2 Å². The standard InChI is InChI=1S/C23H19ClN2O/c24-19-13-10-17(11-14-19)12-15-23(27)26-16-21(18-6-2-1-3-7-18)25-20-8-4-5-9-22(20)26/h1-15,21,25H,16H2/b15-12+. The van der Waals surface area contributed by atoms with E-state index in [1.807, 2.05) is 77.7 Å². The second-order valence-corrected chi connectivity index (χ2v) is 6.89. The first-order valence-corrected chi connectivity index (χ1v) is 9.24. The Kier molecular flexibility index (Phi) is 4.95. The zero-order chi connectivity index (χ0) is 18.6. The number of amides is 1. The minimum absolute atomic E-state index is 0.0418. The van der Waals surface area contributed by atoms with Crippen molar-refractivity contribution in [1.29, 1.82) is 0 Å². The van der Waals surface area contributed by atoms with E-state index in [1.54, 1.807) is 6.08 Å². The predicted octanol–water partition coefficient (Wildman–Crippen LogP) is 5.55. The summed E-state index contributed by atoms with van der Waals surface area (Å²) in [6, 6.07) is 25.6. The summed E-state index contributed by atoms with van der Waals surface area (Å²) in [5.74, 6) is -0.0418. The van der Waals surface area contributed by atoms with Gasteiger partial charge in [0.1, 0.15) is 0 Å². The van der Waals surface area contributed by atoms with Crippen LogP contribution in [0.25, 0.3) is 6.08 Å². The van der Waals surface area contributed by atoms with Crippen molar-refractivity contribution in [1.82, 2.24) is 0 Å². The highest BCUT2D eigenvalue weighted by Gasteiger charge is 2.27. The van der Waals surface area contributed by atoms with Gasteiger partial charge < -0.3 is 10.2 Å². The number of rotatable bonds is 3. The molecule has 3 aromatic rings.